The molecule has 2 aliphatic rings. The number of nitrogens with one attached hydrogen (secondary N) is 1. The predicted molar refractivity (Wildman–Crippen MR) is 58.4 cm³/mol. The Labute approximate surface area is 87.4 Å². The van der Waals surface area contributed by atoms with Crippen molar-refractivity contribution in [3.63, 3.8) is 0 Å². The zero-order valence-electron chi connectivity index (χ0n) is 9.30. The van der Waals surface area contributed by atoms with Crippen molar-refractivity contribution >= 4 is 0 Å². The second-order valence-electron chi connectivity index (χ2n) is 4.83. The predicted octanol–water partition coefficient (Wildman–Crippen LogP) is 2.48. The lowest BCUT2D eigenvalue weighted by Crippen LogP contribution is -2.41. The third-order valence-electron chi connectivity index (χ3n) is 3.68. The molecule has 2 rings (SSSR count). The summed E-state index contributed by atoms with van der Waals surface area (Å²) in [5.41, 5.74) is 0. The lowest BCUT2D eigenvalue weighted by Gasteiger charge is -2.23. The van der Waals surface area contributed by atoms with Crippen LogP contribution < -0.4 is 5.32 Å². The molecule has 1 saturated carbocycles. The normalized spacial score (nSPS) is 35.8. The Kier molecular flexibility index (Phi) is 3.82. The maximum absolute atomic E-state index is 5.58. The Bertz CT molecular complexity index is 164. The minimum atomic E-state index is 0.429. The van der Waals surface area contributed by atoms with E-state index in [-0.39, 0.29) is 0 Å². The zero-order chi connectivity index (χ0) is 9.80. The van der Waals surface area contributed by atoms with Gasteiger partial charge in [-0.3, -0.25) is 0 Å². The number of hydrogen-bond donors (Lipinski definition) is 1. The molecule has 0 radical (unpaired) electrons. The molecule has 1 heterocycles. The van der Waals surface area contributed by atoms with E-state index < -0.39 is 0 Å². The molecule has 0 aromatic heterocycles. The van der Waals surface area contributed by atoms with Crippen LogP contribution in [0, 0.1) is 0 Å². The number of hydrogen-bond acceptors (Lipinski definition) is 2. The SMILES string of the molecule is CC1OCCC1NC1CCCCCC1. The van der Waals surface area contributed by atoms with E-state index in [1.807, 2.05) is 0 Å². The van der Waals surface area contributed by atoms with Gasteiger partial charge in [-0.05, 0) is 26.2 Å². The van der Waals surface area contributed by atoms with Crippen molar-refractivity contribution < 1.29 is 4.74 Å². The van der Waals surface area contributed by atoms with Gasteiger partial charge in [0.2, 0.25) is 0 Å². The minimum Gasteiger partial charge on any atom is -0.377 e. The summed E-state index contributed by atoms with van der Waals surface area (Å²) in [7, 11) is 0. The maximum Gasteiger partial charge on any atom is 0.0700 e. The molecule has 2 fully saturated rings. The van der Waals surface area contributed by atoms with E-state index in [2.05, 4.69) is 12.2 Å². The van der Waals surface area contributed by atoms with E-state index >= 15 is 0 Å². The average molecular weight is 197 g/mol. The maximum atomic E-state index is 5.58. The van der Waals surface area contributed by atoms with E-state index in [4.69, 9.17) is 4.74 Å². The first-order chi connectivity index (χ1) is 6.86. The van der Waals surface area contributed by atoms with Crippen molar-refractivity contribution in [2.75, 3.05) is 6.61 Å². The highest BCUT2D eigenvalue weighted by Gasteiger charge is 2.26. The summed E-state index contributed by atoms with van der Waals surface area (Å²) >= 11 is 0. The van der Waals surface area contributed by atoms with Gasteiger partial charge in [-0.2, -0.15) is 0 Å². The van der Waals surface area contributed by atoms with Gasteiger partial charge in [0.25, 0.3) is 0 Å². The van der Waals surface area contributed by atoms with Crippen molar-refractivity contribution in [3.05, 3.63) is 0 Å². The van der Waals surface area contributed by atoms with Gasteiger partial charge in [-0.25, -0.2) is 0 Å². The highest BCUT2D eigenvalue weighted by atomic mass is 16.5. The van der Waals surface area contributed by atoms with Gasteiger partial charge in [0.15, 0.2) is 0 Å². The summed E-state index contributed by atoms with van der Waals surface area (Å²) in [5.74, 6) is 0. The van der Waals surface area contributed by atoms with Gasteiger partial charge >= 0.3 is 0 Å². The van der Waals surface area contributed by atoms with Crippen LogP contribution in [-0.4, -0.2) is 24.8 Å². The molecular weight excluding hydrogens is 174 g/mol. The van der Waals surface area contributed by atoms with Gasteiger partial charge in [-0.15, -0.1) is 0 Å². The molecule has 0 aromatic rings. The monoisotopic (exact) mass is 197 g/mol. The van der Waals surface area contributed by atoms with Crippen molar-refractivity contribution in [2.24, 2.45) is 0 Å². The lowest BCUT2D eigenvalue weighted by molar-refractivity contribution is 0.110. The van der Waals surface area contributed by atoms with Crippen LogP contribution in [0.3, 0.4) is 0 Å². The third kappa shape index (κ3) is 2.71. The molecule has 1 saturated heterocycles. The van der Waals surface area contributed by atoms with E-state index in [1.165, 1.54) is 44.9 Å². The van der Waals surface area contributed by atoms with Crippen molar-refractivity contribution in [1.29, 1.82) is 0 Å². The van der Waals surface area contributed by atoms with Crippen LogP contribution >= 0.6 is 0 Å². The van der Waals surface area contributed by atoms with Gasteiger partial charge < -0.3 is 10.1 Å². The molecule has 82 valence electrons. The van der Waals surface area contributed by atoms with E-state index in [9.17, 15) is 0 Å². The first-order valence-corrected chi connectivity index (χ1v) is 6.24. The highest BCUT2D eigenvalue weighted by molar-refractivity contribution is 4.83. The smallest absolute Gasteiger partial charge is 0.0700 e. The van der Waals surface area contributed by atoms with Crippen LogP contribution in [0.1, 0.15) is 51.9 Å². The third-order valence-corrected chi connectivity index (χ3v) is 3.68. The first-order valence-electron chi connectivity index (χ1n) is 6.24. The molecule has 2 heteroatoms. The summed E-state index contributed by atoms with van der Waals surface area (Å²) in [4.78, 5) is 0. The Morgan fingerprint density at radius 3 is 2.29 bits per heavy atom. The van der Waals surface area contributed by atoms with Crippen LogP contribution in [0.2, 0.25) is 0 Å². The fourth-order valence-corrected chi connectivity index (χ4v) is 2.70. The summed E-state index contributed by atoms with van der Waals surface area (Å²) in [6, 6.07) is 1.39. The van der Waals surface area contributed by atoms with E-state index in [0.717, 1.165) is 12.6 Å². The molecule has 0 bridgehead atoms. The van der Waals surface area contributed by atoms with Gasteiger partial charge in [-0.1, -0.05) is 25.7 Å². The highest BCUT2D eigenvalue weighted by Crippen LogP contribution is 2.20. The molecule has 1 aliphatic carbocycles. The summed E-state index contributed by atoms with van der Waals surface area (Å²) in [6.07, 6.45) is 10.1. The zero-order valence-corrected chi connectivity index (χ0v) is 9.30. The van der Waals surface area contributed by atoms with Crippen LogP contribution in [0.5, 0.6) is 0 Å². The van der Waals surface area contributed by atoms with Crippen LogP contribution in [0.25, 0.3) is 0 Å². The van der Waals surface area contributed by atoms with Crippen LogP contribution in [-0.2, 0) is 4.74 Å². The molecule has 1 aliphatic heterocycles. The molecule has 14 heavy (non-hydrogen) atoms. The first kappa shape index (κ1) is 10.4. The standard InChI is InChI=1S/C12H23NO/c1-10-12(8-9-14-10)13-11-6-4-2-3-5-7-11/h10-13H,2-9H2,1H3. The largest absolute Gasteiger partial charge is 0.377 e. The van der Waals surface area contributed by atoms with Gasteiger partial charge in [0.05, 0.1) is 6.10 Å². The lowest BCUT2D eigenvalue weighted by atomic mass is 10.1. The van der Waals surface area contributed by atoms with Gasteiger partial charge in [0, 0.05) is 18.7 Å². The van der Waals surface area contributed by atoms with E-state index in [1.54, 1.807) is 0 Å². The average Bonchev–Trinajstić information content (AvgIpc) is 2.44. The Balaban J connectivity index is 1.77. The summed E-state index contributed by atoms with van der Waals surface area (Å²) in [5, 5.41) is 3.78. The molecule has 2 atom stereocenters. The Morgan fingerprint density at radius 2 is 1.71 bits per heavy atom. The fourth-order valence-electron chi connectivity index (χ4n) is 2.70. The number of ether oxygens (including phenoxy) is 1. The summed E-state index contributed by atoms with van der Waals surface area (Å²) in [6.45, 7) is 3.15. The van der Waals surface area contributed by atoms with E-state index in [0.29, 0.717) is 12.1 Å². The number of rotatable bonds is 2. The second kappa shape index (κ2) is 5.13. The van der Waals surface area contributed by atoms with Crippen molar-refractivity contribution in [2.45, 2.75) is 70.1 Å². The quantitative estimate of drug-likeness (QED) is 0.687. The Morgan fingerprint density at radius 1 is 1.00 bits per heavy atom. The second-order valence-corrected chi connectivity index (χ2v) is 4.83. The Hall–Kier alpha value is -0.0800. The molecule has 1 N–H and O–H groups in total. The van der Waals surface area contributed by atoms with Crippen molar-refractivity contribution in [3.8, 4) is 0 Å². The van der Waals surface area contributed by atoms with Crippen molar-refractivity contribution in [1.82, 2.24) is 5.32 Å². The van der Waals surface area contributed by atoms with Gasteiger partial charge in [0.1, 0.15) is 0 Å². The van der Waals surface area contributed by atoms with Crippen LogP contribution in [0.4, 0.5) is 0 Å². The fraction of sp³-hybridized carbons (Fsp3) is 1.00. The molecular formula is C12H23NO. The molecule has 2 unspecified atom stereocenters. The molecule has 0 amide bonds. The van der Waals surface area contributed by atoms with Crippen LogP contribution in [0.15, 0.2) is 0 Å². The topological polar surface area (TPSA) is 21.3 Å². The molecule has 0 aromatic carbocycles. The minimum absolute atomic E-state index is 0.429. The molecule has 2 nitrogen and oxygen atoms in total. The molecule has 0 spiro atoms. The summed E-state index contributed by atoms with van der Waals surface area (Å²) < 4.78 is 5.58.